The molecule has 0 aliphatic heterocycles. The van der Waals surface area contributed by atoms with Crippen LogP contribution in [0.3, 0.4) is 0 Å². The van der Waals surface area contributed by atoms with Crippen molar-refractivity contribution >= 4 is 5.82 Å². The summed E-state index contributed by atoms with van der Waals surface area (Å²) in [7, 11) is 2.02. The number of aliphatic hydroxyl groups excluding tert-OH is 1. The van der Waals surface area contributed by atoms with Crippen LogP contribution in [0.15, 0.2) is 24.5 Å². The Hall–Kier alpha value is -2.01. The highest BCUT2D eigenvalue weighted by molar-refractivity contribution is 5.61. The summed E-state index contributed by atoms with van der Waals surface area (Å²) in [6.07, 6.45) is 7.56. The predicted octanol–water partition coefficient (Wildman–Crippen LogP) is 2.23. The number of fused-ring (bicyclic) bond motifs is 1. The van der Waals surface area contributed by atoms with E-state index in [1.54, 1.807) is 12.4 Å². The molecule has 1 aliphatic carbocycles. The quantitative estimate of drug-likeness (QED) is 0.917. The molecule has 0 saturated carbocycles. The number of rotatable bonds is 5. The SMILES string of the molecule is CCC(CO)N(C)c1nc(-c2ccncc2)nc2c1CCC2. The molecule has 0 saturated heterocycles. The van der Waals surface area contributed by atoms with Gasteiger partial charge in [0.15, 0.2) is 5.82 Å². The van der Waals surface area contributed by atoms with E-state index in [1.165, 1.54) is 5.56 Å². The Kier molecular flexibility index (Phi) is 4.34. The Morgan fingerprint density at radius 1 is 1.23 bits per heavy atom. The number of nitrogens with zero attached hydrogens (tertiary/aromatic N) is 4. The van der Waals surface area contributed by atoms with Crippen LogP contribution in [0.5, 0.6) is 0 Å². The van der Waals surface area contributed by atoms with Gasteiger partial charge in [-0.3, -0.25) is 4.98 Å². The molecule has 22 heavy (non-hydrogen) atoms. The van der Waals surface area contributed by atoms with Gasteiger partial charge in [0.2, 0.25) is 0 Å². The van der Waals surface area contributed by atoms with E-state index in [0.717, 1.165) is 48.6 Å². The molecular formula is C17H22N4O. The number of pyridine rings is 1. The van der Waals surface area contributed by atoms with Crippen LogP contribution in [0.4, 0.5) is 5.82 Å². The lowest BCUT2D eigenvalue weighted by atomic mass is 10.1. The Morgan fingerprint density at radius 3 is 2.68 bits per heavy atom. The molecule has 0 spiro atoms. The summed E-state index contributed by atoms with van der Waals surface area (Å²) in [5.74, 6) is 1.72. The van der Waals surface area contributed by atoms with Gasteiger partial charge in [-0.05, 0) is 37.8 Å². The van der Waals surface area contributed by atoms with Gasteiger partial charge < -0.3 is 10.0 Å². The molecule has 0 amide bonds. The topological polar surface area (TPSA) is 62.1 Å². The van der Waals surface area contributed by atoms with Gasteiger partial charge in [0, 0.05) is 36.3 Å². The van der Waals surface area contributed by atoms with E-state index in [1.807, 2.05) is 19.2 Å². The van der Waals surface area contributed by atoms with Crippen LogP contribution in [-0.4, -0.2) is 39.8 Å². The molecule has 5 heteroatoms. The normalized spacial score (nSPS) is 14.7. The van der Waals surface area contributed by atoms with E-state index in [2.05, 4.69) is 16.8 Å². The maximum absolute atomic E-state index is 9.60. The minimum Gasteiger partial charge on any atom is -0.394 e. The van der Waals surface area contributed by atoms with Gasteiger partial charge in [-0.15, -0.1) is 0 Å². The van der Waals surface area contributed by atoms with Crippen LogP contribution < -0.4 is 4.90 Å². The molecule has 1 aliphatic rings. The lowest BCUT2D eigenvalue weighted by Gasteiger charge is -2.28. The summed E-state index contributed by atoms with van der Waals surface area (Å²) in [6.45, 7) is 2.22. The van der Waals surface area contributed by atoms with Gasteiger partial charge in [0.1, 0.15) is 5.82 Å². The molecule has 2 aromatic heterocycles. The van der Waals surface area contributed by atoms with Crippen molar-refractivity contribution in [2.45, 2.75) is 38.6 Å². The van der Waals surface area contributed by atoms with Gasteiger partial charge in [-0.1, -0.05) is 6.92 Å². The van der Waals surface area contributed by atoms with Crippen LogP contribution in [0, 0.1) is 0 Å². The fourth-order valence-electron chi connectivity index (χ4n) is 3.03. The lowest BCUT2D eigenvalue weighted by Crippen LogP contribution is -2.35. The first-order valence-corrected chi connectivity index (χ1v) is 7.88. The minimum atomic E-state index is 0.0879. The van der Waals surface area contributed by atoms with E-state index < -0.39 is 0 Å². The smallest absolute Gasteiger partial charge is 0.161 e. The van der Waals surface area contributed by atoms with E-state index in [4.69, 9.17) is 9.97 Å². The molecule has 0 bridgehead atoms. The summed E-state index contributed by atoms with van der Waals surface area (Å²) >= 11 is 0. The lowest BCUT2D eigenvalue weighted by molar-refractivity contribution is 0.259. The molecule has 1 unspecified atom stereocenters. The highest BCUT2D eigenvalue weighted by Crippen LogP contribution is 2.31. The van der Waals surface area contributed by atoms with Crippen LogP contribution in [0.2, 0.25) is 0 Å². The van der Waals surface area contributed by atoms with Crippen molar-refractivity contribution in [3.05, 3.63) is 35.8 Å². The zero-order valence-electron chi connectivity index (χ0n) is 13.2. The second-order valence-electron chi connectivity index (χ2n) is 5.74. The third-order valence-electron chi connectivity index (χ3n) is 4.41. The monoisotopic (exact) mass is 298 g/mol. The Labute approximate surface area is 131 Å². The van der Waals surface area contributed by atoms with Gasteiger partial charge in [-0.25, -0.2) is 9.97 Å². The average Bonchev–Trinajstić information content (AvgIpc) is 3.04. The van der Waals surface area contributed by atoms with E-state index in [9.17, 15) is 5.11 Å². The van der Waals surface area contributed by atoms with Crippen LogP contribution in [0.25, 0.3) is 11.4 Å². The van der Waals surface area contributed by atoms with Crippen molar-refractivity contribution in [1.29, 1.82) is 0 Å². The zero-order chi connectivity index (χ0) is 15.5. The van der Waals surface area contributed by atoms with E-state index in [0.29, 0.717) is 0 Å². The van der Waals surface area contributed by atoms with Crippen molar-refractivity contribution < 1.29 is 5.11 Å². The second kappa shape index (κ2) is 6.40. The molecule has 3 rings (SSSR count). The van der Waals surface area contributed by atoms with Gasteiger partial charge in [0.25, 0.3) is 0 Å². The number of aryl methyl sites for hydroxylation is 1. The zero-order valence-corrected chi connectivity index (χ0v) is 13.2. The molecule has 5 nitrogen and oxygen atoms in total. The van der Waals surface area contributed by atoms with Crippen molar-refractivity contribution in [2.24, 2.45) is 0 Å². The third-order valence-corrected chi connectivity index (χ3v) is 4.41. The third kappa shape index (κ3) is 2.68. The van der Waals surface area contributed by atoms with E-state index in [-0.39, 0.29) is 12.6 Å². The summed E-state index contributed by atoms with van der Waals surface area (Å²) < 4.78 is 0. The maximum Gasteiger partial charge on any atom is 0.161 e. The summed E-state index contributed by atoms with van der Waals surface area (Å²) in [5, 5.41) is 9.60. The Balaban J connectivity index is 2.07. The number of hydrogen-bond donors (Lipinski definition) is 1. The van der Waals surface area contributed by atoms with Crippen molar-refractivity contribution in [2.75, 3.05) is 18.6 Å². The average molecular weight is 298 g/mol. The first-order chi connectivity index (χ1) is 10.7. The van der Waals surface area contributed by atoms with Gasteiger partial charge in [0.05, 0.1) is 12.6 Å². The standard InChI is InChI=1S/C17H22N4O/c1-3-13(11-22)21(2)17-14-5-4-6-15(14)19-16(20-17)12-7-9-18-10-8-12/h7-10,13,22H,3-6,11H2,1-2H3. The predicted molar refractivity (Wildman–Crippen MR) is 86.9 cm³/mol. The largest absolute Gasteiger partial charge is 0.394 e. The Morgan fingerprint density at radius 2 is 2.00 bits per heavy atom. The molecule has 2 heterocycles. The molecule has 0 fully saturated rings. The van der Waals surface area contributed by atoms with Crippen LogP contribution >= 0.6 is 0 Å². The molecular weight excluding hydrogens is 276 g/mol. The van der Waals surface area contributed by atoms with Crippen molar-refractivity contribution in [3.63, 3.8) is 0 Å². The van der Waals surface area contributed by atoms with Crippen molar-refractivity contribution in [1.82, 2.24) is 15.0 Å². The number of likely N-dealkylation sites (N-methyl/N-ethyl adjacent to an activating group) is 1. The number of hydrogen-bond acceptors (Lipinski definition) is 5. The molecule has 1 N–H and O–H groups in total. The van der Waals surface area contributed by atoms with Gasteiger partial charge >= 0.3 is 0 Å². The first kappa shape index (κ1) is 14.9. The minimum absolute atomic E-state index is 0.0879. The fourth-order valence-corrected chi connectivity index (χ4v) is 3.03. The number of aromatic nitrogens is 3. The summed E-state index contributed by atoms with van der Waals surface area (Å²) in [5.41, 5.74) is 3.38. The molecule has 116 valence electrons. The first-order valence-electron chi connectivity index (χ1n) is 7.88. The molecule has 0 aromatic carbocycles. The van der Waals surface area contributed by atoms with Crippen molar-refractivity contribution in [3.8, 4) is 11.4 Å². The highest BCUT2D eigenvalue weighted by Gasteiger charge is 2.24. The summed E-state index contributed by atoms with van der Waals surface area (Å²) in [4.78, 5) is 15.7. The maximum atomic E-state index is 9.60. The second-order valence-corrected chi connectivity index (χ2v) is 5.74. The fraction of sp³-hybridized carbons (Fsp3) is 0.471. The van der Waals surface area contributed by atoms with Gasteiger partial charge in [-0.2, -0.15) is 0 Å². The van der Waals surface area contributed by atoms with E-state index >= 15 is 0 Å². The molecule has 2 aromatic rings. The molecule has 0 radical (unpaired) electrons. The number of anilines is 1. The molecule has 1 atom stereocenters. The van der Waals surface area contributed by atoms with Crippen LogP contribution in [-0.2, 0) is 12.8 Å². The summed E-state index contributed by atoms with van der Waals surface area (Å²) in [6, 6.07) is 3.96. The number of aliphatic hydroxyl groups is 1. The highest BCUT2D eigenvalue weighted by atomic mass is 16.3. The Bertz CT molecular complexity index is 641. The van der Waals surface area contributed by atoms with Crippen LogP contribution in [0.1, 0.15) is 31.0 Å².